The number of nitrogens with one attached hydrogen (secondary N) is 1. The molecule has 0 aromatic heterocycles. The molecule has 148 valence electrons. The third kappa shape index (κ3) is 6.00. The first-order valence-electron chi connectivity index (χ1n) is 8.48. The van der Waals surface area contributed by atoms with Crippen molar-refractivity contribution in [2.45, 2.75) is 17.9 Å². The lowest BCUT2D eigenvalue weighted by Crippen LogP contribution is -2.30. The minimum absolute atomic E-state index is 0.0688. The van der Waals surface area contributed by atoms with Crippen molar-refractivity contribution < 1.29 is 19.1 Å². The molecule has 8 heteroatoms. The number of ether oxygens (including phenoxy) is 1. The Labute approximate surface area is 173 Å². The molecular formula is C20H21ClN2O4S. The number of rotatable bonds is 7. The van der Waals surface area contributed by atoms with E-state index in [0.29, 0.717) is 21.2 Å². The van der Waals surface area contributed by atoms with E-state index in [1.165, 1.54) is 23.6 Å². The van der Waals surface area contributed by atoms with Gasteiger partial charge in [0.25, 0.3) is 5.91 Å². The molecule has 0 radical (unpaired) electrons. The molecule has 0 aliphatic heterocycles. The van der Waals surface area contributed by atoms with Crippen LogP contribution in [0.3, 0.4) is 0 Å². The second kappa shape index (κ2) is 10.1. The summed E-state index contributed by atoms with van der Waals surface area (Å²) in [6.45, 7) is 1.48. The van der Waals surface area contributed by atoms with Gasteiger partial charge >= 0.3 is 5.97 Å². The molecular weight excluding hydrogens is 400 g/mol. The molecule has 0 unspecified atom stereocenters. The predicted octanol–water partition coefficient (Wildman–Crippen LogP) is 3.70. The number of carbonyl (C=O) groups excluding carboxylic acids is 3. The van der Waals surface area contributed by atoms with Crippen molar-refractivity contribution in [3.63, 3.8) is 0 Å². The largest absolute Gasteiger partial charge is 0.449 e. The standard InChI is InChI=1S/C20H21ClN2O4S/c1-13(19(25)22-16-10-6-5-9-15(16)21)27-20(26)14-8-4-7-11-17(14)28-12-18(24)23(2)3/h4-11,13H,12H2,1-3H3,(H,22,25)/t13-/m1/s1. The number of para-hydroxylation sites is 1. The van der Waals surface area contributed by atoms with Gasteiger partial charge in [0.05, 0.1) is 22.0 Å². The summed E-state index contributed by atoms with van der Waals surface area (Å²) < 4.78 is 5.30. The lowest BCUT2D eigenvalue weighted by atomic mass is 10.2. The smallest absolute Gasteiger partial charge is 0.340 e. The Bertz CT molecular complexity index is 873. The molecule has 0 fully saturated rings. The number of anilines is 1. The van der Waals surface area contributed by atoms with Crippen LogP contribution in [-0.4, -0.2) is 48.6 Å². The van der Waals surface area contributed by atoms with E-state index < -0.39 is 18.0 Å². The van der Waals surface area contributed by atoms with Crippen LogP contribution in [0.4, 0.5) is 5.69 Å². The summed E-state index contributed by atoms with van der Waals surface area (Å²) in [4.78, 5) is 38.7. The minimum atomic E-state index is -1.02. The highest BCUT2D eigenvalue weighted by atomic mass is 35.5. The van der Waals surface area contributed by atoms with Crippen molar-refractivity contribution in [2.24, 2.45) is 0 Å². The van der Waals surface area contributed by atoms with Gasteiger partial charge < -0.3 is 15.0 Å². The van der Waals surface area contributed by atoms with Crippen LogP contribution in [0, 0.1) is 0 Å². The summed E-state index contributed by atoms with van der Waals surface area (Å²) in [5, 5.41) is 3.02. The Morgan fingerprint density at radius 2 is 1.75 bits per heavy atom. The van der Waals surface area contributed by atoms with Crippen LogP contribution in [0.15, 0.2) is 53.4 Å². The number of carbonyl (C=O) groups is 3. The Morgan fingerprint density at radius 3 is 2.43 bits per heavy atom. The monoisotopic (exact) mass is 420 g/mol. The molecule has 0 heterocycles. The molecule has 2 aromatic carbocycles. The number of nitrogens with zero attached hydrogens (tertiary/aromatic N) is 1. The summed E-state index contributed by atoms with van der Waals surface area (Å²) in [6.07, 6.45) is -1.02. The van der Waals surface area contributed by atoms with Gasteiger partial charge in [-0.15, -0.1) is 11.8 Å². The number of amides is 2. The van der Waals surface area contributed by atoms with Crippen LogP contribution in [0.25, 0.3) is 0 Å². The number of hydrogen-bond acceptors (Lipinski definition) is 5. The van der Waals surface area contributed by atoms with Gasteiger partial charge in [0.15, 0.2) is 6.10 Å². The molecule has 28 heavy (non-hydrogen) atoms. The van der Waals surface area contributed by atoms with E-state index >= 15 is 0 Å². The number of benzene rings is 2. The van der Waals surface area contributed by atoms with E-state index in [-0.39, 0.29) is 11.7 Å². The molecule has 2 rings (SSSR count). The fourth-order valence-corrected chi connectivity index (χ4v) is 3.31. The zero-order chi connectivity index (χ0) is 20.7. The fourth-order valence-electron chi connectivity index (χ4n) is 2.10. The Balaban J connectivity index is 2.03. The minimum Gasteiger partial charge on any atom is -0.449 e. The van der Waals surface area contributed by atoms with Crippen LogP contribution in [0.1, 0.15) is 17.3 Å². The highest BCUT2D eigenvalue weighted by Crippen LogP contribution is 2.24. The number of halogens is 1. The third-order valence-electron chi connectivity index (χ3n) is 3.74. The average molecular weight is 421 g/mol. The summed E-state index contributed by atoms with van der Waals surface area (Å²) in [6, 6.07) is 13.6. The van der Waals surface area contributed by atoms with Crippen molar-refractivity contribution in [3.8, 4) is 0 Å². The topological polar surface area (TPSA) is 75.7 Å². The van der Waals surface area contributed by atoms with Crippen molar-refractivity contribution in [1.82, 2.24) is 4.90 Å². The molecule has 0 saturated heterocycles. The zero-order valence-corrected chi connectivity index (χ0v) is 17.3. The van der Waals surface area contributed by atoms with E-state index in [1.807, 2.05) is 0 Å². The van der Waals surface area contributed by atoms with Crippen molar-refractivity contribution in [2.75, 3.05) is 25.2 Å². The van der Waals surface area contributed by atoms with Crippen LogP contribution >= 0.6 is 23.4 Å². The maximum Gasteiger partial charge on any atom is 0.340 e. The van der Waals surface area contributed by atoms with Crippen molar-refractivity contribution in [3.05, 3.63) is 59.1 Å². The maximum atomic E-state index is 12.5. The summed E-state index contributed by atoms with van der Waals surface area (Å²) >= 11 is 7.26. The molecule has 0 aliphatic carbocycles. The van der Waals surface area contributed by atoms with Crippen LogP contribution in [0.5, 0.6) is 0 Å². The summed E-state index contributed by atoms with van der Waals surface area (Å²) in [7, 11) is 3.34. The molecule has 0 saturated carbocycles. The van der Waals surface area contributed by atoms with E-state index in [4.69, 9.17) is 16.3 Å². The van der Waals surface area contributed by atoms with Gasteiger partial charge in [0.2, 0.25) is 5.91 Å². The van der Waals surface area contributed by atoms with E-state index in [9.17, 15) is 14.4 Å². The molecule has 0 spiro atoms. The predicted molar refractivity (Wildman–Crippen MR) is 111 cm³/mol. The van der Waals surface area contributed by atoms with Gasteiger partial charge in [-0.2, -0.15) is 0 Å². The third-order valence-corrected chi connectivity index (χ3v) is 5.13. The molecule has 2 aromatic rings. The zero-order valence-electron chi connectivity index (χ0n) is 15.8. The Kier molecular flexibility index (Phi) is 7.90. The quantitative estimate of drug-likeness (QED) is 0.546. The molecule has 1 N–H and O–H groups in total. The number of hydrogen-bond donors (Lipinski definition) is 1. The number of esters is 1. The molecule has 0 aliphatic rings. The van der Waals surface area contributed by atoms with Crippen LogP contribution in [0.2, 0.25) is 5.02 Å². The first-order valence-corrected chi connectivity index (χ1v) is 9.84. The average Bonchev–Trinajstić information content (AvgIpc) is 2.67. The van der Waals surface area contributed by atoms with E-state index in [1.54, 1.807) is 62.6 Å². The molecule has 1 atom stereocenters. The van der Waals surface area contributed by atoms with Crippen molar-refractivity contribution in [1.29, 1.82) is 0 Å². The first kappa shape index (κ1) is 21.8. The van der Waals surface area contributed by atoms with Gasteiger partial charge in [-0.3, -0.25) is 9.59 Å². The second-order valence-corrected chi connectivity index (χ2v) is 7.51. The van der Waals surface area contributed by atoms with Crippen LogP contribution < -0.4 is 5.32 Å². The van der Waals surface area contributed by atoms with Gasteiger partial charge in [0, 0.05) is 19.0 Å². The molecule has 6 nitrogen and oxygen atoms in total. The van der Waals surface area contributed by atoms with Gasteiger partial charge in [-0.1, -0.05) is 35.9 Å². The van der Waals surface area contributed by atoms with Crippen molar-refractivity contribution >= 4 is 46.8 Å². The van der Waals surface area contributed by atoms with Crippen LogP contribution in [-0.2, 0) is 14.3 Å². The highest BCUT2D eigenvalue weighted by Gasteiger charge is 2.22. The second-order valence-electron chi connectivity index (χ2n) is 6.09. The van der Waals surface area contributed by atoms with E-state index in [2.05, 4.69) is 5.32 Å². The number of thioether (sulfide) groups is 1. The lowest BCUT2D eigenvalue weighted by molar-refractivity contribution is -0.126. The highest BCUT2D eigenvalue weighted by molar-refractivity contribution is 8.00. The van der Waals surface area contributed by atoms with Gasteiger partial charge in [-0.25, -0.2) is 4.79 Å². The first-order chi connectivity index (χ1) is 13.3. The normalized spacial score (nSPS) is 11.4. The van der Waals surface area contributed by atoms with E-state index in [0.717, 1.165) is 0 Å². The maximum absolute atomic E-state index is 12.5. The summed E-state index contributed by atoms with van der Waals surface area (Å²) in [5.41, 5.74) is 0.742. The summed E-state index contributed by atoms with van der Waals surface area (Å²) in [5.74, 6) is -1.00. The molecule has 2 amide bonds. The SMILES string of the molecule is C[C@@H](OC(=O)c1ccccc1SCC(=O)N(C)C)C(=O)Nc1ccccc1Cl. The van der Waals surface area contributed by atoms with Gasteiger partial charge in [-0.05, 0) is 31.2 Å². The Morgan fingerprint density at radius 1 is 1.11 bits per heavy atom. The van der Waals surface area contributed by atoms with Gasteiger partial charge in [0.1, 0.15) is 0 Å². The Hall–Kier alpha value is -2.51. The fraction of sp³-hybridized carbons (Fsp3) is 0.250. The molecule has 0 bridgehead atoms. The lowest BCUT2D eigenvalue weighted by Gasteiger charge is -2.16.